The minimum absolute atomic E-state index is 0.0224. The fourth-order valence-electron chi connectivity index (χ4n) is 1.92. The second kappa shape index (κ2) is 6.41. The molecule has 22 heavy (non-hydrogen) atoms. The average molecular weight is 342 g/mol. The summed E-state index contributed by atoms with van der Waals surface area (Å²) < 4.78 is 40.3. The number of allylic oxidation sites excluding steroid dienone is 1. The first-order valence-corrected chi connectivity index (χ1v) is 8.57. The van der Waals surface area contributed by atoms with Crippen molar-refractivity contribution in [1.29, 1.82) is 0 Å². The average Bonchev–Trinajstić information content (AvgIpc) is 2.78. The zero-order chi connectivity index (χ0) is 16.3. The van der Waals surface area contributed by atoms with E-state index in [2.05, 4.69) is 16.8 Å². The van der Waals surface area contributed by atoms with Crippen LogP contribution in [0.25, 0.3) is 0 Å². The molecule has 0 saturated carbocycles. The predicted molar refractivity (Wildman–Crippen MR) is 85.0 cm³/mol. The molecule has 9 heteroatoms. The van der Waals surface area contributed by atoms with Crippen molar-refractivity contribution in [3.63, 3.8) is 0 Å². The Kier molecular flexibility index (Phi) is 4.77. The van der Waals surface area contributed by atoms with Crippen molar-refractivity contribution in [2.45, 2.75) is 13.1 Å². The lowest BCUT2D eigenvalue weighted by Gasteiger charge is -2.22. The summed E-state index contributed by atoms with van der Waals surface area (Å²) in [5.74, 6) is 0.00573. The van der Waals surface area contributed by atoms with Gasteiger partial charge >= 0.3 is 0 Å². The molecule has 2 rings (SSSR count). The molecular weight excluding hydrogens is 327 g/mol. The largest absolute Gasteiger partial charge is 0.299 e. The Labute approximate surface area is 132 Å². The maximum Gasteiger partial charge on any atom is 0.232 e. The normalized spacial score (nSPS) is 11.4. The first-order valence-electron chi connectivity index (χ1n) is 6.31. The van der Waals surface area contributed by atoms with Crippen LogP contribution >= 0.6 is 12.2 Å². The van der Waals surface area contributed by atoms with Crippen LogP contribution in [-0.2, 0) is 23.1 Å². The number of benzene rings is 1. The van der Waals surface area contributed by atoms with Gasteiger partial charge in [0.25, 0.3) is 0 Å². The summed E-state index contributed by atoms with van der Waals surface area (Å²) in [5.41, 5.74) is 0.350. The second-order valence-electron chi connectivity index (χ2n) is 4.59. The summed E-state index contributed by atoms with van der Waals surface area (Å²) >= 11 is 5.10. The van der Waals surface area contributed by atoms with Gasteiger partial charge in [0.1, 0.15) is 5.82 Å². The van der Waals surface area contributed by atoms with Gasteiger partial charge in [-0.3, -0.25) is 14.0 Å². The van der Waals surface area contributed by atoms with Crippen molar-refractivity contribution >= 4 is 27.9 Å². The van der Waals surface area contributed by atoms with Gasteiger partial charge in [-0.2, -0.15) is 5.10 Å². The number of rotatable bonds is 6. The number of sulfonamides is 1. The van der Waals surface area contributed by atoms with Gasteiger partial charge in [0.05, 0.1) is 18.5 Å². The lowest BCUT2D eigenvalue weighted by molar-refractivity contribution is 0.593. The lowest BCUT2D eigenvalue weighted by Crippen LogP contribution is -2.30. The van der Waals surface area contributed by atoms with Gasteiger partial charge in [0, 0.05) is 6.54 Å². The summed E-state index contributed by atoms with van der Waals surface area (Å²) in [7, 11) is -3.57. The van der Waals surface area contributed by atoms with Crippen LogP contribution in [-0.4, -0.2) is 29.4 Å². The molecule has 0 spiro atoms. The summed E-state index contributed by atoms with van der Waals surface area (Å²) in [6, 6.07) is 5.20. The predicted octanol–water partition coefficient (Wildman–Crippen LogP) is 2.23. The van der Waals surface area contributed by atoms with Gasteiger partial charge in [0.2, 0.25) is 10.0 Å². The molecule has 0 saturated heterocycles. The molecule has 0 unspecified atom stereocenters. The van der Waals surface area contributed by atoms with E-state index >= 15 is 0 Å². The van der Waals surface area contributed by atoms with Crippen LogP contribution in [0, 0.1) is 10.6 Å². The maximum absolute atomic E-state index is 13.0. The maximum atomic E-state index is 13.0. The van der Waals surface area contributed by atoms with E-state index in [-0.39, 0.29) is 6.54 Å². The highest BCUT2D eigenvalue weighted by molar-refractivity contribution is 7.92. The number of hydrogen-bond acceptors (Lipinski definition) is 4. The van der Waals surface area contributed by atoms with Crippen LogP contribution < -0.4 is 4.31 Å². The van der Waals surface area contributed by atoms with Crippen LogP contribution in [0.4, 0.5) is 10.1 Å². The Bertz CT molecular complexity index is 824. The molecule has 1 heterocycles. The fraction of sp³-hybridized carbons (Fsp3) is 0.231. The van der Waals surface area contributed by atoms with Gasteiger partial charge < -0.3 is 0 Å². The standard InChI is InChI=1S/C13H15FN4O2S2/c1-3-8-17-12(15-16-13(17)21)9-18(22(2,19)20)11-6-4-10(14)5-7-11/h3-7H,1,8-9H2,2H3,(H,16,21). The van der Waals surface area contributed by atoms with Crippen LogP contribution in [0.2, 0.25) is 0 Å². The second-order valence-corrected chi connectivity index (χ2v) is 6.88. The summed E-state index contributed by atoms with van der Waals surface area (Å²) in [6.45, 7) is 4.02. The Morgan fingerprint density at radius 2 is 2.09 bits per heavy atom. The van der Waals surface area contributed by atoms with Crippen molar-refractivity contribution in [3.8, 4) is 0 Å². The number of anilines is 1. The minimum atomic E-state index is -3.57. The monoisotopic (exact) mass is 342 g/mol. The number of aromatic nitrogens is 3. The first-order chi connectivity index (χ1) is 10.3. The zero-order valence-electron chi connectivity index (χ0n) is 11.9. The molecule has 0 bridgehead atoms. The SMILES string of the molecule is C=CCn1c(CN(c2ccc(F)cc2)S(C)(=O)=O)n[nH]c1=S. The van der Waals surface area contributed by atoms with Gasteiger partial charge in [-0.15, -0.1) is 6.58 Å². The summed E-state index contributed by atoms with van der Waals surface area (Å²) in [5, 5.41) is 6.67. The number of hydrogen-bond donors (Lipinski definition) is 1. The number of nitrogens with zero attached hydrogens (tertiary/aromatic N) is 3. The van der Waals surface area contributed by atoms with E-state index in [9.17, 15) is 12.8 Å². The van der Waals surface area contributed by atoms with Crippen LogP contribution in [0.3, 0.4) is 0 Å². The van der Waals surface area contributed by atoms with Gasteiger partial charge in [-0.25, -0.2) is 12.8 Å². The molecule has 0 fully saturated rings. The van der Waals surface area contributed by atoms with Crippen LogP contribution in [0.15, 0.2) is 36.9 Å². The lowest BCUT2D eigenvalue weighted by atomic mass is 10.3. The molecule has 2 aromatic rings. The molecular formula is C13H15FN4O2S2. The smallest absolute Gasteiger partial charge is 0.232 e. The Morgan fingerprint density at radius 1 is 1.45 bits per heavy atom. The molecule has 1 aromatic carbocycles. The molecule has 0 aliphatic rings. The van der Waals surface area contributed by atoms with Crippen molar-refractivity contribution in [3.05, 3.63) is 53.3 Å². The topological polar surface area (TPSA) is 71.0 Å². The van der Waals surface area contributed by atoms with E-state index in [1.807, 2.05) is 0 Å². The molecule has 0 atom stereocenters. The molecule has 118 valence electrons. The van der Waals surface area contributed by atoms with Gasteiger partial charge in [-0.05, 0) is 36.5 Å². The van der Waals surface area contributed by atoms with Gasteiger partial charge in [0.15, 0.2) is 10.6 Å². The van der Waals surface area contributed by atoms with E-state index in [0.717, 1.165) is 10.6 Å². The van der Waals surface area contributed by atoms with E-state index in [1.165, 1.54) is 24.3 Å². The molecule has 0 radical (unpaired) electrons. The van der Waals surface area contributed by atoms with E-state index in [0.29, 0.717) is 22.8 Å². The summed E-state index contributed by atoms with van der Waals surface area (Å²) in [6.07, 6.45) is 2.72. The van der Waals surface area contributed by atoms with E-state index < -0.39 is 15.8 Å². The highest BCUT2D eigenvalue weighted by atomic mass is 32.2. The Hall–Kier alpha value is -2.00. The molecule has 1 N–H and O–H groups in total. The van der Waals surface area contributed by atoms with Gasteiger partial charge in [-0.1, -0.05) is 6.08 Å². The quantitative estimate of drug-likeness (QED) is 0.645. The third kappa shape index (κ3) is 3.60. The van der Waals surface area contributed by atoms with Crippen LogP contribution in [0.5, 0.6) is 0 Å². The molecule has 0 aliphatic heterocycles. The molecule has 0 aliphatic carbocycles. The Morgan fingerprint density at radius 3 is 2.64 bits per heavy atom. The molecule has 1 aromatic heterocycles. The third-order valence-electron chi connectivity index (χ3n) is 2.95. The fourth-order valence-corrected chi connectivity index (χ4v) is 3.00. The third-order valence-corrected chi connectivity index (χ3v) is 4.40. The highest BCUT2D eigenvalue weighted by Gasteiger charge is 2.20. The van der Waals surface area contributed by atoms with Crippen molar-refractivity contribution in [2.75, 3.05) is 10.6 Å². The number of H-pyrrole nitrogens is 1. The zero-order valence-corrected chi connectivity index (χ0v) is 13.5. The highest BCUT2D eigenvalue weighted by Crippen LogP contribution is 2.20. The first kappa shape index (κ1) is 16.4. The number of nitrogens with one attached hydrogen (secondary N) is 1. The summed E-state index contributed by atoms with van der Waals surface area (Å²) in [4.78, 5) is 0. The van der Waals surface area contributed by atoms with E-state index in [4.69, 9.17) is 12.2 Å². The molecule has 0 amide bonds. The Balaban J connectivity index is 2.43. The van der Waals surface area contributed by atoms with Crippen LogP contribution in [0.1, 0.15) is 5.82 Å². The number of aromatic amines is 1. The molecule has 6 nitrogen and oxygen atoms in total. The minimum Gasteiger partial charge on any atom is -0.299 e. The van der Waals surface area contributed by atoms with E-state index in [1.54, 1.807) is 10.6 Å². The van der Waals surface area contributed by atoms with Crippen molar-refractivity contribution in [1.82, 2.24) is 14.8 Å². The number of halogens is 1. The van der Waals surface area contributed by atoms with Crippen molar-refractivity contribution in [2.24, 2.45) is 0 Å². The van der Waals surface area contributed by atoms with Crippen molar-refractivity contribution < 1.29 is 12.8 Å².